The normalized spacial score (nSPS) is 11.9. The van der Waals surface area contributed by atoms with Gasteiger partial charge in [0.1, 0.15) is 0 Å². The molecule has 1 aromatic rings. The summed E-state index contributed by atoms with van der Waals surface area (Å²) in [6.07, 6.45) is 4.13. The molecule has 0 saturated carbocycles. The van der Waals surface area contributed by atoms with Crippen molar-refractivity contribution in [3.8, 4) is 5.75 Å². The van der Waals surface area contributed by atoms with Crippen molar-refractivity contribution in [1.82, 2.24) is 0 Å². The molecule has 0 saturated heterocycles. The van der Waals surface area contributed by atoms with E-state index in [1.54, 1.807) is 0 Å². The first kappa shape index (κ1) is 12.0. The molecule has 0 spiro atoms. The third-order valence-electron chi connectivity index (χ3n) is 2.13. The van der Waals surface area contributed by atoms with Crippen molar-refractivity contribution in [1.29, 1.82) is 0 Å². The number of nitrogens with zero attached hydrogens (tertiary/aromatic N) is 1. The molecule has 0 aliphatic carbocycles. The molecular weight excluding hydrogens is 186 g/mol. The van der Waals surface area contributed by atoms with Crippen LogP contribution in [-0.4, -0.2) is 6.61 Å². The molecule has 0 bridgehead atoms. The van der Waals surface area contributed by atoms with Gasteiger partial charge in [0, 0.05) is 26.8 Å². The summed E-state index contributed by atoms with van der Waals surface area (Å²) in [5, 5.41) is 0. The van der Waals surface area contributed by atoms with Crippen LogP contribution in [0.5, 0.6) is 5.75 Å². The third-order valence-corrected chi connectivity index (χ3v) is 2.13. The zero-order valence-electron chi connectivity index (χ0n) is 10.4. The Bertz CT molecular complexity index is 313. The summed E-state index contributed by atoms with van der Waals surface area (Å²) in [5.41, 5.74) is 0.108. The molecule has 1 heterocycles. The van der Waals surface area contributed by atoms with E-state index in [-0.39, 0.29) is 5.54 Å². The summed E-state index contributed by atoms with van der Waals surface area (Å²) >= 11 is 0. The van der Waals surface area contributed by atoms with Gasteiger partial charge in [-0.15, -0.1) is 0 Å². The summed E-state index contributed by atoms with van der Waals surface area (Å²) in [6.45, 7) is 11.6. The standard InChI is InChI=1S/C13H22NO/c1-11(2)10-15-12-7-6-8-14(9-12)13(3,4)5/h6-9,11H,10H2,1-5H3/q+1. The van der Waals surface area contributed by atoms with Gasteiger partial charge in [0.25, 0.3) is 0 Å². The van der Waals surface area contributed by atoms with Crippen LogP contribution in [0.4, 0.5) is 0 Å². The highest BCUT2D eigenvalue weighted by molar-refractivity contribution is 5.12. The minimum Gasteiger partial charge on any atom is -0.487 e. The lowest BCUT2D eigenvalue weighted by molar-refractivity contribution is -0.754. The van der Waals surface area contributed by atoms with Gasteiger partial charge in [-0.05, 0) is 12.0 Å². The summed E-state index contributed by atoms with van der Waals surface area (Å²) in [4.78, 5) is 0. The Kier molecular flexibility index (Phi) is 3.72. The molecule has 0 aliphatic heterocycles. The quantitative estimate of drug-likeness (QED) is 0.696. The van der Waals surface area contributed by atoms with E-state index < -0.39 is 0 Å². The highest BCUT2D eigenvalue weighted by Crippen LogP contribution is 2.11. The topological polar surface area (TPSA) is 13.1 Å². The van der Waals surface area contributed by atoms with E-state index in [1.807, 2.05) is 12.1 Å². The lowest BCUT2D eigenvalue weighted by Gasteiger charge is -2.14. The molecular formula is C13H22NO+. The molecule has 0 radical (unpaired) electrons. The first-order valence-corrected chi connectivity index (χ1v) is 5.54. The average Bonchev–Trinajstić information content (AvgIpc) is 2.14. The van der Waals surface area contributed by atoms with Crippen LogP contribution in [-0.2, 0) is 5.54 Å². The fraction of sp³-hybridized carbons (Fsp3) is 0.615. The highest BCUT2D eigenvalue weighted by atomic mass is 16.5. The van der Waals surface area contributed by atoms with Gasteiger partial charge in [0.05, 0.1) is 6.61 Å². The fourth-order valence-electron chi connectivity index (χ4n) is 1.22. The maximum Gasteiger partial charge on any atom is 0.211 e. The van der Waals surface area contributed by atoms with Gasteiger partial charge in [0.2, 0.25) is 6.20 Å². The van der Waals surface area contributed by atoms with E-state index >= 15 is 0 Å². The zero-order valence-corrected chi connectivity index (χ0v) is 10.4. The second-order valence-corrected chi connectivity index (χ2v) is 5.32. The van der Waals surface area contributed by atoms with Crippen LogP contribution in [0.3, 0.4) is 0 Å². The molecule has 0 amide bonds. The van der Waals surface area contributed by atoms with Crippen LogP contribution in [0, 0.1) is 5.92 Å². The second kappa shape index (κ2) is 4.65. The van der Waals surface area contributed by atoms with Crippen molar-refractivity contribution in [2.24, 2.45) is 5.92 Å². The first-order chi connectivity index (χ1) is 6.89. The predicted molar refractivity (Wildman–Crippen MR) is 62.0 cm³/mol. The van der Waals surface area contributed by atoms with Crippen molar-refractivity contribution in [3.05, 3.63) is 24.5 Å². The van der Waals surface area contributed by atoms with E-state index in [0.29, 0.717) is 5.92 Å². The number of hydrogen-bond donors (Lipinski definition) is 0. The van der Waals surface area contributed by atoms with Crippen LogP contribution in [0.1, 0.15) is 34.6 Å². The molecule has 0 aromatic carbocycles. The minimum atomic E-state index is 0.108. The predicted octanol–water partition coefficient (Wildman–Crippen LogP) is 2.76. The Labute approximate surface area is 92.9 Å². The molecule has 0 unspecified atom stereocenters. The van der Waals surface area contributed by atoms with Crippen LogP contribution in [0.25, 0.3) is 0 Å². The van der Waals surface area contributed by atoms with Gasteiger partial charge in [-0.1, -0.05) is 13.8 Å². The summed E-state index contributed by atoms with van der Waals surface area (Å²) in [6, 6.07) is 4.03. The van der Waals surface area contributed by atoms with Crippen molar-refractivity contribution in [3.63, 3.8) is 0 Å². The van der Waals surface area contributed by atoms with E-state index in [9.17, 15) is 0 Å². The van der Waals surface area contributed by atoms with Crippen LogP contribution in [0.15, 0.2) is 24.5 Å². The largest absolute Gasteiger partial charge is 0.487 e. The van der Waals surface area contributed by atoms with Gasteiger partial charge in [0.15, 0.2) is 17.5 Å². The molecule has 0 N–H and O–H groups in total. The van der Waals surface area contributed by atoms with Crippen molar-refractivity contribution in [2.75, 3.05) is 6.61 Å². The van der Waals surface area contributed by atoms with Gasteiger partial charge in [-0.3, -0.25) is 0 Å². The monoisotopic (exact) mass is 208 g/mol. The molecule has 2 heteroatoms. The molecule has 0 atom stereocenters. The van der Waals surface area contributed by atoms with E-state index in [4.69, 9.17) is 4.74 Å². The lowest BCUT2D eigenvalue weighted by atomic mass is 10.1. The summed E-state index contributed by atoms with van der Waals surface area (Å²) in [7, 11) is 0. The van der Waals surface area contributed by atoms with E-state index in [0.717, 1.165) is 12.4 Å². The lowest BCUT2D eigenvalue weighted by Crippen LogP contribution is -2.49. The number of pyridine rings is 1. The molecule has 15 heavy (non-hydrogen) atoms. The molecule has 84 valence electrons. The molecule has 2 nitrogen and oxygen atoms in total. The van der Waals surface area contributed by atoms with Crippen molar-refractivity contribution in [2.45, 2.75) is 40.2 Å². The minimum absolute atomic E-state index is 0.108. The number of aromatic nitrogens is 1. The Morgan fingerprint density at radius 1 is 1.33 bits per heavy atom. The van der Waals surface area contributed by atoms with Crippen LogP contribution < -0.4 is 9.30 Å². The maximum atomic E-state index is 5.68. The Hall–Kier alpha value is -1.05. The van der Waals surface area contributed by atoms with Gasteiger partial charge in [-0.25, -0.2) is 0 Å². The maximum absolute atomic E-state index is 5.68. The zero-order chi connectivity index (χ0) is 11.5. The van der Waals surface area contributed by atoms with Gasteiger partial charge < -0.3 is 4.74 Å². The van der Waals surface area contributed by atoms with Crippen molar-refractivity contribution < 1.29 is 9.30 Å². The third kappa shape index (κ3) is 3.90. The summed E-state index contributed by atoms with van der Waals surface area (Å²) < 4.78 is 7.85. The molecule has 1 rings (SSSR count). The van der Waals surface area contributed by atoms with Crippen LogP contribution in [0.2, 0.25) is 0 Å². The first-order valence-electron chi connectivity index (χ1n) is 5.54. The smallest absolute Gasteiger partial charge is 0.211 e. The SMILES string of the molecule is CC(C)COc1ccc[n+](C(C)(C)C)c1. The Morgan fingerprint density at radius 3 is 2.53 bits per heavy atom. The van der Waals surface area contributed by atoms with Gasteiger partial charge in [-0.2, -0.15) is 4.57 Å². The van der Waals surface area contributed by atoms with Gasteiger partial charge >= 0.3 is 0 Å². The van der Waals surface area contributed by atoms with Crippen molar-refractivity contribution >= 4 is 0 Å². The number of hydrogen-bond acceptors (Lipinski definition) is 1. The van der Waals surface area contributed by atoms with E-state index in [2.05, 4.69) is 51.6 Å². The fourth-order valence-corrected chi connectivity index (χ4v) is 1.22. The number of rotatable bonds is 3. The Morgan fingerprint density at radius 2 is 2.00 bits per heavy atom. The average molecular weight is 208 g/mol. The molecule has 1 aromatic heterocycles. The molecule has 0 fully saturated rings. The second-order valence-electron chi connectivity index (χ2n) is 5.32. The number of ether oxygens (including phenoxy) is 1. The Balaban J connectivity index is 2.75. The molecule has 0 aliphatic rings. The highest BCUT2D eigenvalue weighted by Gasteiger charge is 2.21. The summed E-state index contributed by atoms with van der Waals surface area (Å²) in [5.74, 6) is 1.51. The van der Waals surface area contributed by atoms with E-state index in [1.165, 1.54) is 0 Å². The van der Waals surface area contributed by atoms with Crippen LogP contribution >= 0.6 is 0 Å².